The highest BCUT2D eigenvalue weighted by Gasteiger charge is 2.13. The lowest BCUT2D eigenvalue weighted by Crippen LogP contribution is -1.95. The second-order valence-corrected chi connectivity index (χ2v) is 3.95. The zero-order valence-corrected chi connectivity index (χ0v) is 9.84. The first-order valence-electron chi connectivity index (χ1n) is 5.63. The van der Waals surface area contributed by atoms with Crippen molar-refractivity contribution in [2.75, 3.05) is 0 Å². The highest BCUT2D eigenvalue weighted by Crippen LogP contribution is 2.29. The summed E-state index contributed by atoms with van der Waals surface area (Å²) in [6.07, 6.45) is -1.31. The Kier molecular flexibility index (Phi) is 4.00. The second-order valence-electron chi connectivity index (χ2n) is 3.95. The van der Waals surface area contributed by atoms with Gasteiger partial charge in [0.25, 0.3) is 6.08 Å². The largest absolute Gasteiger partial charge is 0.266 e. The van der Waals surface area contributed by atoms with E-state index in [0.29, 0.717) is 11.6 Å². The van der Waals surface area contributed by atoms with Crippen LogP contribution in [0.5, 0.6) is 0 Å². The van der Waals surface area contributed by atoms with Crippen molar-refractivity contribution < 1.29 is 17.6 Å². The third-order valence-corrected chi connectivity index (χ3v) is 2.72. The molecule has 0 saturated heterocycles. The summed E-state index contributed by atoms with van der Waals surface area (Å²) in [6.45, 7) is 0. The highest BCUT2D eigenvalue weighted by molar-refractivity contribution is 5.69. The van der Waals surface area contributed by atoms with Gasteiger partial charge in [0.2, 0.25) is 0 Å². The molecule has 2 aromatic carbocycles. The number of halogens is 4. The molecule has 0 N–H and O–H groups in total. The maximum atomic E-state index is 13.9. The SMILES string of the molecule is FC(F)=CCc1cccc(F)c1-c1ccccc1F. The summed E-state index contributed by atoms with van der Waals surface area (Å²) in [5, 5.41) is 0. The molecule has 0 fully saturated rings. The van der Waals surface area contributed by atoms with Crippen LogP contribution in [0.3, 0.4) is 0 Å². The van der Waals surface area contributed by atoms with Crippen molar-refractivity contribution in [1.82, 2.24) is 0 Å². The molecule has 98 valence electrons. The van der Waals surface area contributed by atoms with Crippen molar-refractivity contribution in [3.05, 3.63) is 71.8 Å². The van der Waals surface area contributed by atoms with Gasteiger partial charge >= 0.3 is 0 Å². The van der Waals surface area contributed by atoms with Crippen molar-refractivity contribution in [2.24, 2.45) is 0 Å². The normalized spacial score (nSPS) is 10.3. The Hall–Kier alpha value is -2.10. The summed E-state index contributed by atoms with van der Waals surface area (Å²) in [5.41, 5.74) is 0.416. The molecule has 0 radical (unpaired) electrons. The zero-order valence-electron chi connectivity index (χ0n) is 9.84. The quantitative estimate of drug-likeness (QED) is 0.689. The van der Waals surface area contributed by atoms with E-state index >= 15 is 0 Å². The van der Waals surface area contributed by atoms with Crippen LogP contribution in [0.15, 0.2) is 54.6 Å². The van der Waals surface area contributed by atoms with E-state index in [9.17, 15) is 17.6 Å². The van der Waals surface area contributed by atoms with Crippen molar-refractivity contribution in [1.29, 1.82) is 0 Å². The molecule has 0 bridgehead atoms. The lowest BCUT2D eigenvalue weighted by molar-refractivity contribution is 0.418. The van der Waals surface area contributed by atoms with Crippen LogP contribution in [0.4, 0.5) is 17.6 Å². The molecule has 0 spiro atoms. The molecule has 0 amide bonds. The first kappa shape index (κ1) is 13.3. The smallest absolute Gasteiger partial charge is 0.206 e. The van der Waals surface area contributed by atoms with Gasteiger partial charge in [-0.2, -0.15) is 8.78 Å². The second kappa shape index (κ2) is 5.69. The summed E-state index contributed by atoms with van der Waals surface area (Å²) in [5.74, 6) is -1.21. The van der Waals surface area contributed by atoms with Gasteiger partial charge in [0.05, 0.1) is 0 Å². The summed E-state index contributed by atoms with van der Waals surface area (Å²) >= 11 is 0. The molecular formula is C15H10F4. The van der Waals surface area contributed by atoms with Gasteiger partial charge in [-0.3, -0.25) is 0 Å². The highest BCUT2D eigenvalue weighted by atomic mass is 19.3. The minimum atomic E-state index is -1.84. The average molecular weight is 266 g/mol. The molecule has 2 rings (SSSR count). The fourth-order valence-electron chi connectivity index (χ4n) is 1.89. The fraction of sp³-hybridized carbons (Fsp3) is 0.0667. The predicted molar refractivity (Wildman–Crippen MR) is 65.8 cm³/mol. The number of rotatable bonds is 3. The number of hydrogen-bond acceptors (Lipinski definition) is 0. The van der Waals surface area contributed by atoms with Gasteiger partial charge in [-0.05, 0) is 30.2 Å². The molecule has 0 aromatic heterocycles. The number of hydrogen-bond donors (Lipinski definition) is 0. The van der Waals surface area contributed by atoms with E-state index in [2.05, 4.69) is 0 Å². The lowest BCUT2D eigenvalue weighted by Gasteiger charge is -2.10. The molecule has 0 heterocycles. The summed E-state index contributed by atoms with van der Waals surface area (Å²) in [4.78, 5) is 0. The van der Waals surface area contributed by atoms with E-state index < -0.39 is 17.7 Å². The van der Waals surface area contributed by atoms with Crippen molar-refractivity contribution in [3.8, 4) is 11.1 Å². The van der Waals surface area contributed by atoms with E-state index in [4.69, 9.17) is 0 Å². The van der Waals surface area contributed by atoms with Crippen LogP contribution in [0.2, 0.25) is 0 Å². The third kappa shape index (κ3) is 3.02. The van der Waals surface area contributed by atoms with Gasteiger partial charge < -0.3 is 0 Å². The monoisotopic (exact) mass is 266 g/mol. The van der Waals surface area contributed by atoms with Gasteiger partial charge in [0.15, 0.2) is 0 Å². The van der Waals surface area contributed by atoms with E-state index in [1.54, 1.807) is 6.07 Å². The Labute approximate surface area is 108 Å². The van der Waals surface area contributed by atoms with E-state index in [1.165, 1.54) is 36.4 Å². The Morgan fingerprint density at radius 1 is 0.895 bits per heavy atom. The minimum absolute atomic E-state index is 0.0260. The van der Waals surface area contributed by atoms with Crippen molar-refractivity contribution >= 4 is 0 Å². The summed E-state index contributed by atoms with van der Waals surface area (Å²) in [7, 11) is 0. The predicted octanol–water partition coefficient (Wildman–Crippen LogP) is 4.95. The topological polar surface area (TPSA) is 0 Å². The van der Waals surface area contributed by atoms with Gasteiger partial charge in [-0.25, -0.2) is 8.78 Å². The Morgan fingerprint density at radius 2 is 1.58 bits per heavy atom. The molecule has 0 aliphatic rings. The van der Waals surface area contributed by atoms with E-state index in [0.717, 1.165) is 0 Å². The van der Waals surface area contributed by atoms with E-state index in [-0.39, 0.29) is 17.5 Å². The molecule has 0 nitrogen and oxygen atoms in total. The lowest BCUT2D eigenvalue weighted by atomic mass is 9.96. The van der Waals surface area contributed by atoms with Crippen LogP contribution in [0.25, 0.3) is 11.1 Å². The Balaban J connectivity index is 2.56. The molecule has 4 heteroatoms. The van der Waals surface area contributed by atoms with Crippen LogP contribution in [-0.2, 0) is 6.42 Å². The number of benzene rings is 2. The molecule has 0 aliphatic heterocycles. The van der Waals surface area contributed by atoms with Gasteiger partial charge in [-0.15, -0.1) is 0 Å². The third-order valence-electron chi connectivity index (χ3n) is 2.72. The molecular weight excluding hydrogens is 256 g/mol. The van der Waals surface area contributed by atoms with Crippen LogP contribution >= 0.6 is 0 Å². The van der Waals surface area contributed by atoms with Gasteiger partial charge in [0, 0.05) is 11.1 Å². The molecule has 2 aromatic rings. The Morgan fingerprint density at radius 3 is 2.26 bits per heavy atom. The zero-order chi connectivity index (χ0) is 13.8. The van der Waals surface area contributed by atoms with Crippen LogP contribution in [0.1, 0.15) is 5.56 Å². The average Bonchev–Trinajstić information content (AvgIpc) is 2.37. The maximum absolute atomic E-state index is 13.9. The fourth-order valence-corrected chi connectivity index (χ4v) is 1.89. The Bertz CT molecular complexity index is 613. The van der Waals surface area contributed by atoms with E-state index in [1.807, 2.05) is 0 Å². The van der Waals surface area contributed by atoms with Crippen LogP contribution in [0, 0.1) is 11.6 Å². The molecule has 0 aliphatic carbocycles. The van der Waals surface area contributed by atoms with Gasteiger partial charge in [-0.1, -0.05) is 30.3 Å². The number of allylic oxidation sites excluding steroid dienone is 1. The first-order chi connectivity index (χ1) is 9.09. The van der Waals surface area contributed by atoms with Crippen LogP contribution < -0.4 is 0 Å². The molecule has 19 heavy (non-hydrogen) atoms. The molecule has 0 unspecified atom stereocenters. The molecule has 0 saturated carbocycles. The van der Waals surface area contributed by atoms with Crippen LogP contribution in [-0.4, -0.2) is 0 Å². The summed E-state index contributed by atoms with van der Waals surface area (Å²) in [6, 6.07) is 9.79. The van der Waals surface area contributed by atoms with Crippen molar-refractivity contribution in [3.63, 3.8) is 0 Å². The summed E-state index contributed by atoms with van der Waals surface area (Å²) < 4.78 is 51.8. The molecule has 0 atom stereocenters. The standard InChI is InChI=1S/C15H10F4/c16-12-6-2-1-5-11(12)15-10(8-9-14(18)19)4-3-7-13(15)17/h1-7,9H,8H2. The first-order valence-corrected chi connectivity index (χ1v) is 5.63. The van der Waals surface area contributed by atoms with Gasteiger partial charge in [0.1, 0.15) is 11.6 Å². The minimum Gasteiger partial charge on any atom is -0.206 e. The van der Waals surface area contributed by atoms with Crippen molar-refractivity contribution in [2.45, 2.75) is 6.42 Å². The maximum Gasteiger partial charge on any atom is 0.266 e.